The number of aryl methyl sites for hydroxylation is 3. The maximum Gasteiger partial charge on any atom is 0.0636 e. The van der Waals surface area contributed by atoms with Crippen LogP contribution >= 0.6 is 68.0 Å². The summed E-state index contributed by atoms with van der Waals surface area (Å²) in [6, 6.07) is 5.17. The standard InChI is InChI=1S/C57H88S6/c1-6-10-14-18-22-26-30-34-38-44-46(40-36-32-28-24-20-16-12-8-3)58-56-52(44)61-49-41-47(59-54(49)56)48-42-50-55(60-48)57-53(62-50)45(39-35-31-27-23-19-15-11-7-2)51(63-57)43(5)37-33-29-25-21-17-13-9-4/h41-43H,6-40H2,1-5H3. The van der Waals surface area contributed by atoms with E-state index in [0.29, 0.717) is 5.92 Å². The van der Waals surface area contributed by atoms with Crippen molar-refractivity contribution in [2.75, 3.05) is 0 Å². The number of fused-ring (bicyclic) bond motifs is 6. The lowest BCUT2D eigenvalue weighted by atomic mass is 9.95. The summed E-state index contributed by atoms with van der Waals surface area (Å²) >= 11 is 12.9. The fourth-order valence-corrected chi connectivity index (χ4v) is 19.0. The van der Waals surface area contributed by atoms with Crippen LogP contribution in [-0.4, -0.2) is 0 Å². The Bertz CT molecular complexity index is 2120. The van der Waals surface area contributed by atoms with Crippen LogP contribution in [0.4, 0.5) is 0 Å². The first kappa shape index (κ1) is 51.6. The lowest BCUT2D eigenvalue weighted by Crippen LogP contribution is -1.96. The van der Waals surface area contributed by atoms with Crippen molar-refractivity contribution in [3.8, 4) is 9.75 Å². The zero-order valence-corrected chi connectivity index (χ0v) is 45.8. The molecule has 0 bridgehead atoms. The van der Waals surface area contributed by atoms with Crippen molar-refractivity contribution < 1.29 is 0 Å². The molecule has 0 saturated carbocycles. The van der Waals surface area contributed by atoms with Crippen molar-refractivity contribution in [3.05, 3.63) is 33.0 Å². The summed E-state index contributed by atoms with van der Waals surface area (Å²) in [4.78, 5) is 6.48. The van der Waals surface area contributed by atoms with Gasteiger partial charge in [-0.1, -0.05) is 214 Å². The van der Waals surface area contributed by atoms with Crippen LogP contribution in [0, 0.1) is 0 Å². The van der Waals surface area contributed by atoms with Gasteiger partial charge in [0.2, 0.25) is 0 Å². The minimum absolute atomic E-state index is 0.682. The largest absolute Gasteiger partial charge is 0.138 e. The van der Waals surface area contributed by atoms with Gasteiger partial charge < -0.3 is 0 Å². The Morgan fingerprint density at radius 1 is 0.333 bits per heavy atom. The van der Waals surface area contributed by atoms with E-state index in [9.17, 15) is 0 Å². The molecule has 0 radical (unpaired) electrons. The van der Waals surface area contributed by atoms with Crippen molar-refractivity contribution >= 4 is 106 Å². The lowest BCUT2D eigenvalue weighted by molar-refractivity contribution is 0.549. The molecular formula is C57H88S6. The average molecular weight is 966 g/mol. The molecule has 63 heavy (non-hydrogen) atoms. The Morgan fingerprint density at radius 2 is 0.698 bits per heavy atom. The van der Waals surface area contributed by atoms with Crippen molar-refractivity contribution in [1.29, 1.82) is 0 Å². The fraction of sp³-hybridized carbons (Fsp3) is 0.719. The van der Waals surface area contributed by atoms with Crippen LogP contribution in [0.2, 0.25) is 0 Å². The van der Waals surface area contributed by atoms with Gasteiger partial charge in [0.05, 0.1) is 28.2 Å². The molecule has 6 aromatic rings. The maximum absolute atomic E-state index is 2.58. The Balaban J connectivity index is 1.17. The van der Waals surface area contributed by atoms with E-state index < -0.39 is 0 Å². The molecule has 1 atom stereocenters. The summed E-state index contributed by atoms with van der Waals surface area (Å²) in [6.45, 7) is 11.9. The molecule has 0 aliphatic carbocycles. The van der Waals surface area contributed by atoms with Gasteiger partial charge in [0, 0.05) is 28.9 Å². The van der Waals surface area contributed by atoms with Gasteiger partial charge in [-0.3, -0.25) is 0 Å². The lowest BCUT2D eigenvalue weighted by Gasteiger charge is -2.13. The van der Waals surface area contributed by atoms with Crippen LogP contribution in [0.1, 0.15) is 267 Å². The molecule has 6 heterocycles. The highest BCUT2D eigenvalue weighted by Crippen LogP contribution is 2.53. The normalized spacial score (nSPS) is 12.8. The number of thiophene rings is 6. The van der Waals surface area contributed by atoms with Gasteiger partial charge in [0.1, 0.15) is 0 Å². The third-order valence-electron chi connectivity index (χ3n) is 14.0. The van der Waals surface area contributed by atoms with Gasteiger partial charge in [-0.2, -0.15) is 0 Å². The molecule has 1 unspecified atom stereocenters. The van der Waals surface area contributed by atoms with Gasteiger partial charge in [-0.15, -0.1) is 68.0 Å². The SMILES string of the molecule is CCCCCCCCCCc1sc2c(sc3cc(-c4cc5sc6c(CCCCCCCCCC)c(C(C)CCCCCCCCC)sc6c5s4)sc32)c1CCCCCCCCCC. The molecule has 0 aliphatic rings. The van der Waals surface area contributed by atoms with E-state index in [2.05, 4.69) is 115 Å². The first-order valence-electron chi connectivity index (χ1n) is 27.0. The van der Waals surface area contributed by atoms with Crippen molar-refractivity contribution in [2.45, 2.75) is 265 Å². The summed E-state index contributed by atoms with van der Waals surface area (Å²) in [5.41, 5.74) is 3.49. The molecular weight excluding hydrogens is 877 g/mol. The van der Waals surface area contributed by atoms with Crippen LogP contribution in [0.3, 0.4) is 0 Å². The Hall–Kier alpha value is -0.760. The zero-order valence-electron chi connectivity index (χ0n) is 40.9. The molecule has 6 aromatic heterocycles. The summed E-state index contributed by atoms with van der Waals surface area (Å²) in [5, 5.41) is 0. The monoisotopic (exact) mass is 965 g/mol. The van der Waals surface area contributed by atoms with E-state index in [-0.39, 0.29) is 0 Å². The highest BCUT2D eigenvalue weighted by Gasteiger charge is 2.24. The van der Waals surface area contributed by atoms with E-state index in [1.807, 2.05) is 0 Å². The topological polar surface area (TPSA) is 0 Å². The van der Waals surface area contributed by atoms with E-state index in [0.717, 1.165) is 0 Å². The second-order valence-electron chi connectivity index (χ2n) is 19.6. The van der Waals surface area contributed by atoms with Gasteiger partial charge in [0.25, 0.3) is 0 Å². The molecule has 352 valence electrons. The summed E-state index contributed by atoms with van der Waals surface area (Å²) in [5.74, 6) is 0.682. The third-order valence-corrected chi connectivity index (χ3v) is 22.5. The average Bonchev–Trinajstić information content (AvgIpc) is 4.13. The minimum atomic E-state index is 0.682. The number of hydrogen-bond acceptors (Lipinski definition) is 6. The summed E-state index contributed by atoms with van der Waals surface area (Å²) in [7, 11) is 0. The van der Waals surface area contributed by atoms with Gasteiger partial charge >= 0.3 is 0 Å². The summed E-state index contributed by atoms with van der Waals surface area (Å²) in [6.07, 6.45) is 48.8. The Labute approximate surface area is 410 Å². The quantitative estimate of drug-likeness (QED) is 0.0341. The van der Waals surface area contributed by atoms with Crippen LogP contribution in [0.25, 0.3) is 47.4 Å². The predicted octanol–water partition coefficient (Wildman–Crippen LogP) is 23.6. The third kappa shape index (κ3) is 15.4. The molecule has 0 aromatic carbocycles. The van der Waals surface area contributed by atoms with Gasteiger partial charge in [0.15, 0.2) is 0 Å². The molecule has 0 nitrogen and oxygen atoms in total. The summed E-state index contributed by atoms with van der Waals surface area (Å²) < 4.78 is 12.8. The molecule has 6 heteroatoms. The van der Waals surface area contributed by atoms with Crippen molar-refractivity contribution in [1.82, 2.24) is 0 Å². The van der Waals surface area contributed by atoms with E-state index in [4.69, 9.17) is 0 Å². The molecule has 0 fully saturated rings. The highest BCUT2D eigenvalue weighted by molar-refractivity contribution is 7.42. The van der Waals surface area contributed by atoms with E-state index in [1.165, 1.54) is 239 Å². The Morgan fingerprint density at radius 3 is 1.16 bits per heavy atom. The van der Waals surface area contributed by atoms with Crippen LogP contribution in [0.15, 0.2) is 12.1 Å². The van der Waals surface area contributed by atoms with E-state index in [1.54, 1.807) is 53.8 Å². The zero-order chi connectivity index (χ0) is 44.1. The molecule has 6 rings (SSSR count). The van der Waals surface area contributed by atoms with Gasteiger partial charge in [-0.25, -0.2) is 0 Å². The predicted molar refractivity (Wildman–Crippen MR) is 299 cm³/mol. The maximum atomic E-state index is 2.58. The van der Waals surface area contributed by atoms with Crippen molar-refractivity contribution in [3.63, 3.8) is 0 Å². The first-order valence-corrected chi connectivity index (χ1v) is 31.9. The number of hydrogen-bond donors (Lipinski definition) is 0. The Kier molecular flexibility index (Phi) is 23.9. The number of rotatable bonds is 37. The fourth-order valence-electron chi connectivity index (χ4n) is 10.1. The van der Waals surface area contributed by atoms with Crippen molar-refractivity contribution in [2.24, 2.45) is 0 Å². The second-order valence-corrected chi connectivity index (χ2v) is 25.9. The smallest absolute Gasteiger partial charge is 0.0636 e. The molecule has 0 aliphatic heterocycles. The van der Waals surface area contributed by atoms with Crippen LogP contribution in [-0.2, 0) is 19.3 Å². The second kappa shape index (κ2) is 29.2. The molecule has 0 amide bonds. The van der Waals surface area contributed by atoms with E-state index >= 15 is 0 Å². The molecule has 0 N–H and O–H groups in total. The minimum Gasteiger partial charge on any atom is -0.138 e. The van der Waals surface area contributed by atoms with Crippen LogP contribution in [0.5, 0.6) is 0 Å². The molecule has 0 saturated heterocycles. The molecule has 0 spiro atoms. The van der Waals surface area contributed by atoms with Gasteiger partial charge in [-0.05, 0) is 74.1 Å². The first-order chi connectivity index (χ1) is 31.1. The number of unbranched alkanes of at least 4 members (excludes halogenated alkanes) is 27. The van der Waals surface area contributed by atoms with Crippen LogP contribution < -0.4 is 0 Å². The highest BCUT2D eigenvalue weighted by atomic mass is 32.1.